The zero-order valence-corrected chi connectivity index (χ0v) is 10.3. The summed E-state index contributed by atoms with van der Waals surface area (Å²) in [7, 11) is 0. The molecule has 0 aromatic heterocycles. The molecule has 98 valence electrons. The van der Waals surface area contributed by atoms with Gasteiger partial charge in [-0.3, -0.25) is 19.8 Å². The Kier molecular flexibility index (Phi) is 3.21. The number of carbonyl (C=O) groups excluding carboxylic acids is 3. The zero-order chi connectivity index (χ0) is 13.3. The fourth-order valence-electron chi connectivity index (χ4n) is 1.90. The highest BCUT2D eigenvalue weighted by atomic mass is 16.5. The van der Waals surface area contributed by atoms with E-state index in [4.69, 9.17) is 4.74 Å². The van der Waals surface area contributed by atoms with Crippen molar-refractivity contribution in [3.05, 3.63) is 12.2 Å². The summed E-state index contributed by atoms with van der Waals surface area (Å²) in [5.41, 5.74) is -0.0966. The van der Waals surface area contributed by atoms with E-state index in [0.29, 0.717) is 19.4 Å². The summed E-state index contributed by atoms with van der Waals surface area (Å²) in [5.74, 6) is -0.855. The summed E-state index contributed by atoms with van der Waals surface area (Å²) in [6.45, 7) is 6.32. The van der Waals surface area contributed by atoms with Crippen molar-refractivity contribution in [2.75, 3.05) is 19.8 Å². The first-order valence-electron chi connectivity index (χ1n) is 5.87. The Labute approximate surface area is 105 Å². The van der Waals surface area contributed by atoms with E-state index in [1.165, 1.54) is 0 Å². The third-order valence-electron chi connectivity index (χ3n) is 3.11. The quantitative estimate of drug-likeness (QED) is 0.437. The molecule has 0 aromatic rings. The molecular weight excluding hydrogens is 236 g/mol. The third-order valence-corrected chi connectivity index (χ3v) is 3.11. The van der Waals surface area contributed by atoms with E-state index in [-0.39, 0.29) is 13.2 Å². The van der Waals surface area contributed by atoms with Crippen LogP contribution in [0.2, 0.25) is 0 Å². The zero-order valence-electron chi connectivity index (χ0n) is 10.3. The lowest BCUT2D eigenvalue weighted by atomic mass is 10.0. The molecule has 1 saturated heterocycles. The van der Waals surface area contributed by atoms with Gasteiger partial charge in [0.1, 0.15) is 5.41 Å². The highest BCUT2D eigenvalue weighted by Crippen LogP contribution is 2.48. The molecule has 0 radical (unpaired) electrons. The van der Waals surface area contributed by atoms with Crippen LogP contribution in [0.4, 0.5) is 4.79 Å². The first kappa shape index (κ1) is 12.8. The fraction of sp³-hybridized carbons (Fsp3) is 0.583. The van der Waals surface area contributed by atoms with Crippen LogP contribution in [-0.4, -0.2) is 42.5 Å². The van der Waals surface area contributed by atoms with E-state index < -0.39 is 23.3 Å². The van der Waals surface area contributed by atoms with Gasteiger partial charge in [-0.15, -0.1) is 0 Å². The van der Waals surface area contributed by atoms with Gasteiger partial charge in [-0.05, 0) is 19.8 Å². The molecule has 2 aliphatic rings. The standard InChI is InChI=1S/C12H16N2O4/c1-8(2)7-18-6-5-14-10(16)12(3-4-12)9(15)13-11(14)17/h1,3-7H2,2H3,(H,13,15,17). The number of nitrogens with one attached hydrogen (secondary N) is 1. The van der Waals surface area contributed by atoms with Gasteiger partial charge in [0.25, 0.3) is 0 Å². The van der Waals surface area contributed by atoms with Gasteiger partial charge in [-0.25, -0.2) is 4.79 Å². The van der Waals surface area contributed by atoms with Gasteiger partial charge in [0.15, 0.2) is 0 Å². The van der Waals surface area contributed by atoms with Gasteiger partial charge in [0.05, 0.1) is 19.8 Å². The summed E-state index contributed by atoms with van der Waals surface area (Å²) in [6, 6.07) is -0.651. The van der Waals surface area contributed by atoms with Crippen LogP contribution < -0.4 is 5.32 Å². The summed E-state index contributed by atoms with van der Waals surface area (Å²) in [5, 5.41) is 2.22. The second-order valence-electron chi connectivity index (χ2n) is 4.81. The van der Waals surface area contributed by atoms with Gasteiger partial charge in [-0.2, -0.15) is 0 Å². The summed E-state index contributed by atoms with van der Waals surface area (Å²) >= 11 is 0. The van der Waals surface area contributed by atoms with E-state index >= 15 is 0 Å². The van der Waals surface area contributed by atoms with Gasteiger partial charge in [0.2, 0.25) is 11.8 Å². The number of carbonyl (C=O) groups is 3. The van der Waals surface area contributed by atoms with Crippen LogP contribution in [0.1, 0.15) is 19.8 Å². The molecule has 6 heteroatoms. The minimum Gasteiger partial charge on any atom is -0.375 e. The number of ether oxygens (including phenoxy) is 1. The number of amides is 4. The molecule has 2 fully saturated rings. The molecule has 0 atom stereocenters. The van der Waals surface area contributed by atoms with Crippen molar-refractivity contribution in [3.63, 3.8) is 0 Å². The largest absolute Gasteiger partial charge is 0.375 e. The number of barbiturate groups is 1. The number of nitrogens with zero attached hydrogens (tertiary/aromatic N) is 1. The maximum atomic E-state index is 12.0. The van der Waals surface area contributed by atoms with Crippen molar-refractivity contribution in [3.8, 4) is 0 Å². The van der Waals surface area contributed by atoms with Crippen LogP contribution in [-0.2, 0) is 14.3 Å². The maximum absolute atomic E-state index is 12.0. The molecule has 2 rings (SSSR count). The molecule has 0 bridgehead atoms. The van der Waals surface area contributed by atoms with Crippen molar-refractivity contribution in [1.29, 1.82) is 0 Å². The monoisotopic (exact) mass is 252 g/mol. The maximum Gasteiger partial charge on any atom is 0.330 e. The SMILES string of the molecule is C=C(C)COCCN1C(=O)NC(=O)C2(CC2)C1=O. The van der Waals surface area contributed by atoms with Crippen LogP contribution >= 0.6 is 0 Å². The Bertz CT molecular complexity index is 426. The first-order valence-corrected chi connectivity index (χ1v) is 5.87. The number of urea groups is 1. The Morgan fingerprint density at radius 1 is 1.44 bits per heavy atom. The molecule has 1 heterocycles. The first-order chi connectivity index (χ1) is 8.47. The Morgan fingerprint density at radius 2 is 2.11 bits per heavy atom. The van der Waals surface area contributed by atoms with Crippen LogP contribution in [0.5, 0.6) is 0 Å². The topological polar surface area (TPSA) is 75.7 Å². The lowest BCUT2D eigenvalue weighted by Crippen LogP contribution is -2.59. The molecule has 1 aliphatic carbocycles. The van der Waals surface area contributed by atoms with Crippen molar-refractivity contribution < 1.29 is 19.1 Å². The molecule has 1 saturated carbocycles. The Hall–Kier alpha value is -1.69. The lowest BCUT2D eigenvalue weighted by Gasteiger charge is -2.30. The van der Waals surface area contributed by atoms with E-state index in [9.17, 15) is 14.4 Å². The number of rotatable bonds is 5. The smallest absolute Gasteiger partial charge is 0.330 e. The van der Waals surface area contributed by atoms with Crippen LogP contribution in [0.25, 0.3) is 0 Å². The van der Waals surface area contributed by atoms with Crippen molar-refractivity contribution in [2.24, 2.45) is 5.41 Å². The highest BCUT2D eigenvalue weighted by molar-refractivity contribution is 6.20. The van der Waals surface area contributed by atoms with E-state index in [2.05, 4.69) is 11.9 Å². The summed E-state index contributed by atoms with van der Waals surface area (Å²) < 4.78 is 5.25. The van der Waals surface area contributed by atoms with E-state index in [1.807, 2.05) is 6.92 Å². The number of hydrogen-bond donors (Lipinski definition) is 1. The summed E-state index contributed by atoms with van der Waals surface area (Å²) in [6.07, 6.45) is 1.04. The summed E-state index contributed by atoms with van der Waals surface area (Å²) in [4.78, 5) is 36.2. The van der Waals surface area contributed by atoms with Crippen LogP contribution in [0, 0.1) is 5.41 Å². The predicted molar refractivity (Wildman–Crippen MR) is 62.6 cm³/mol. The molecule has 18 heavy (non-hydrogen) atoms. The minimum atomic E-state index is -0.970. The van der Waals surface area contributed by atoms with Gasteiger partial charge in [-0.1, -0.05) is 12.2 Å². The number of imide groups is 2. The molecule has 0 aromatic carbocycles. The third kappa shape index (κ3) is 2.15. The van der Waals surface area contributed by atoms with Crippen molar-refractivity contribution in [1.82, 2.24) is 10.2 Å². The fourth-order valence-corrected chi connectivity index (χ4v) is 1.90. The molecule has 4 amide bonds. The van der Waals surface area contributed by atoms with E-state index in [0.717, 1.165) is 10.5 Å². The van der Waals surface area contributed by atoms with Gasteiger partial charge in [0, 0.05) is 0 Å². The minimum absolute atomic E-state index is 0.160. The van der Waals surface area contributed by atoms with Crippen molar-refractivity contribution in [2.45, 2.75) is 19.8 Å². The molecule has 0 unspecified atom stereocenters. The normalized spacial score (nSPS) is 21.2. The average Bonchev–Trinajstić information content (AvgIpc) is 3.07. The molecule has 1 aliphatic heterocycles. The average molecular weight is 252 g/mol. The Balaban J connectivity index is 1.91. The van der Waals surface area contributed by atoms with Crippen LogP contribution in [0.3, 0.4) is 0 Å². The number of hydrogen-bond acceptors (Lipinski definition) is 4. The Morgan fingerprint density at radius 3 is 2.67 bits per heavy atom. The molecule has 1 N–H and O–H groups in total. The van der Waals surface area contributed by atoms with E-state index in [1.54, 1.807) is 0 Å². The molecule has 6 nitrogen and oxygen atoms in total. The highest BCUT2D eigenvalue weighted by Gasteiger charge is 2.62. The molecular formula is C12H16N2O4. The molecule has 1 spiro atoms. The van der Waals surface area contributed by atoms with Crippen molar-refractivity contribution >= 4 is 17.8 Å². The lowest BCUT2D eigenvalue weighted by molar-refractivity contribution is -0.145. The second kappa shape index (κ2) is 4.53. The second-order valence-corrected chi connectivity index (χ2v) is 4.81. The van der Waals surface area contributed by atoms with Gasteiger partial charge >= 0.3 is 6.03 Å². The van der Waals surface area contributed by atoms with Crippen LogP contribution in [0.15, 0.2) is 12.2 Å². The predicted octanol–water partition coefficient (Wildman–Crippen LogP) is 0.438. The van der Waals surface area contributed by atoms with Gasteiger partial charge < -0.3 is 4.74 Å².